The molecule has 148 valence electrons. The quantitative estimate of drug-likeness (QED) is 0.796. The van der Waals surface area contributed by atoms with Crippen LogP contribution < -0.4 is 15.0 Å². The van der Waals surface area contributed by atoms with E-state index in [-0.39, 0.29) is 11.8 Å². The van der Waals surface area contributed by atoms with Gasteiger partial charge in [0.15, 0.2) is 5.78 Å². The summed E-state index contributed by atoms with van der Waals surface area (Å²) in [5.74, 6) is -0.0499. The second-order valence-corrected chi connectivity index (χ2v) is 6.58. The predicted octanol–water partition coefficient (Wildman–Crippen LogP) is 3.78. The Balaban J connectivity index is 1.59. The van der Waals surface area contributed by atoms with E-state index in [2.05, 4.69) is 10.2 Å². The molecule has 0 atom stereocenters. The van der Waals surface area contributed by atoms with Gasteiger partial charge in [-0.1, -0.05) is 0 Å². The summed E-state index contributed by atoms with van der Waals surface area (Å²) < 4.78 is 18.8. The van der Waals surface area contributed by atoms with Gasteiger partial charge in [-0.3, -0.25) is 4.79 Å². The van der Waals surface area contributed by atoms with Gasteiger partial charge in [0, 0.05) is 43.5 Å². The zero-order valence-corrected chi connectivity index (χ0v) is 16.1. The molecule has 2 amide bonds. The molecule has 1 aliphatic rings. The molecular formula is C21H24FN3O3. The fourth-order valence-corrected chi connectivity index (χ4v) is 3.14. The molecule has 1 aliphatic heterocycles. The zero-order valence-electron chi connectivity index (χ0n) is 16.1. The number of piperazine rings is 1. The molecule has 3 rings (SSSR count). The molecule has 2 aromatic carbocycles. The normalized spacial score (nSPS) is 14.0. The summed E-state index contributed by atoms with van der Waals surface area (Å²) in [7, 11) is 0. The molecule has 28 heavy (non-hydrogen) atoms. The van der Waals surface area contributed by atoms with Crippen molar-refractivity contribution in [1.82, 2.24) is 4.90 Å². The van der Waals surface area contributed by atoms with Crippen molar-refractivity contribution < 1.29 is 18.7 Å². The van der Waals surface area contributed by atoms with Crippen molar-refractivity contribution in [3.63, 3.8) is 0 Å². The second-order valence-electron chi connectivity index (χ2n) is 6.58. The topological polar surface area (TPSA) is 61.9 Å². The smallest absolute Gasteiger partial charge is 0.322 e. The van der Waals surface area contributed by atoms with E-state index in [1.165, 1.54) is 18.2 Å². The minimum Gasteiger partial charge on any atom is -0.492 e. The lowest BCUT2D eigenvalue weighted by molar-refractivity contribution is 0.101. The van der Waals surface area contributed by atoms with Crippen LogP contribution in [-0.2, 0) is 0 Å². The lowest BCUT2D eigenvalue weighted by Gasteiger charge is -2.36. The van der Waals surface area contributed by atoms with Gasteiger partial charge < -0.3 is 19.9 Å². The maximum absolute atomic E-state index is 13.4. The van der Waals surface area contributed by atoms with Crippen LogP contribution in [0.3, 0.4) is 0 Å². The highest BCUT2D eigenvalue weighted by Crippen LogP contribution is 2.26. The number of hydrogen-bond acceptors (Lipinski definition) is 4. The van der Waals surface area contributed by atoms with Crippen LogP contribution in [0.4, 0.5) is 20.6 Å². The number of ether oxygens (including phenoxy) is 1. The number of halogens is 1. The van der Waals surface area contributed by atoms with Crippen molar-refractivity contribution in [2.24, 2.45) is 0 Å². The molecule has 0 saturated carbocycles. The summed E-state index contributed by atoms with van der Waals surface area (Å²) in [6.45, 7) is 6.23. The highest BCUT2D eigenvalue weighted by atomic mass is 19.1. The maximum atomic E-state index is 13.4. The Morgan fingerprint density at radius 1 is 1.07 bits per heavy atom. The molecule has 0 radical (unpaired) electrons. The maximum Gasteiger partial charge on any atom is 0.322 e. The first kappa shape index (κ1) is 19.7. The molecule has 1 fully saturated rings. The van der Waals surface area contributed by atoms with E-state index in [0.29, 0.717) is 49.8 Å². The average Bonchev–Trinajstić information content (AvgIpc) is 2.70. The Labute approximate surface area is 163 Å². The van der Waals surface area contributed by atoms with Gasteiger partial charge in [-0.2, -0.15) is 0 Å². The van der Waals surface area contributed by atoms with Crippen molar-refractivity contribution in [2.45, 2.75) is 13.8 Å². The first-order valence-electron chi connectivity index (χ1n) is 9.32. The van der Waals surface area contributed by atoms with Gasteiger partial charge in [0.25, 0.3) is 0 Å². The molecule has 0 spiro atoms. The van der Waals surface area contributed by atoms with Crippen LogP contribution in [0.25, 0.3) is 0 Å². The van der Waals surface area contributed by atoms with E-state index in [1.807, 2.05) is 24.3 Å². The van der Waals surface area contributed by atoms with Gasteiger partial charge in [-0.15, -0.1) is 0 Å². The molecule has 0 aliphatic carbocycles. The number of nitrogens with one attached hydrogen (secondary N) is 1. The molecule has 7 heteroatoms. The monoisotopic (exact) mass is 385 g/mol. The van der Waals surface area contributed by atoms with Crippen LogP contribution in [0.2, 0.25) is 0 Å². The molecule has 0 unspecified atom stereocenters. The SMILES string of the molecule is CCOc1cc(F)ccc1NC(=O)N1CCN(c2ccc(C(C)=O)cc2)CC1. The summed E-state index contributed by atoms with van der Waals surface area (Å²) in [6.07, 6.45) is 0. The Hall–Kier alpha value is -3.09. The number of benzene rings is 2. The number of ketones is 1. The highest BCUT2D eigenvalue weighted by molar-refractivity contribution is 5.94. The van der Waals surface area contributed by atoms with Crippen LogP contribution in [0, 0.1) is 5.82 Å². The Morgan fingerprint density at radius 3 is 2.36 bits per heavy atom. The number of carbonyl (C=O) groups excluding carboxylic acids is 2. The van der Waals surface area contributed by atoms with E-state index in [4.69, 9.17) is 4.74 Å². The third kappa shape index (κ3) is 4.60. The van der Waals surface area contributed by atoms with Crippen molar-refractivity contribution in [1.29, 1.82) is 0 Å². The van der Waals surface area contributed by atoms with E-state index in [1.54, 1.807) is 18.7 Å². The Kier molecular flexibility index (Phi) is 6.13. The van der Waals surface area contributed by atoms with Gasteiger partial charge in [0.05, 0.1) is 12.3 Å². The molecule has 1 saturated heterocycles. The molecule has 0 aromatic heterocycles. The third-order valence-corrected chi connectivity index (χ3v) is 4.69. The number of rotatable bonds is 5. The standard InChI is InChI=1S/C21H24FN3O3/c1-3-28-20-14-17(22)6-9-19(20)23-21(27)25-12-10-24(11-13-25)18-7-4-16(5-8-18)15(2)26/h4-9,14H,3,10-13H2,1-2H3,(H,23,27). The second kappa shape index (κ2) is 8.73. The van der Waals surface area contributed by atoms with Crippen molar-refractivity contribution in [3.8, 4) is 5.75 Å². The lowest BCUT2D eigenvalue weighted by atomic mass is 10.1. The number of hydrogen-bond donors (Lipinski definition) is 1. The molecule has 1 N–H and O–H groups in total. The fourth-order valence-electron chi connectivity index (χ4n) is 3.14. The molecule has 2 aromatic rings. The summed E-state index contributed by atoms with van der Waals surface area (Å²) in [6, 6.07) is 11.3. The number of anilines is 2. The highest BCUT2D eigenvalue weighted by Gasteiger charge is 2.22. The Bertz CT molecular complexity index is 846. The van der Waals surface area contributed by atoms with Gasteiger partial charge in [-0.05, 0) is 50.2 Å². The summed E-state index contributed by atoms with van der Waals surface area (Å²) in [5.41, 5.74) is 2.17. The van der Waals surface area contributed by atoms with Crippen LogP contribution in [-0.4, -0.2) is 49.5 Å². The van der Waals surface area contributed by atoms with Gasteiger partial charge >= 0.3 is 6.03 Å². The van der Waals surface area contributed by atoms with Crippen LogP contribution in [0.15, 0.2) is 42.5 Å². The Morgan fingerprint density at radius 2 is 1.75 bits per heavy atom. The number of amides is 2. The average molecular weight is 385 g/mol. The first-order valence-corrected chi connectivity index (χ1v) is 9.32. The summed E-state index contributed by atoms with van der Waals surface area (Å²) >= 11 is 0. The van der Waals surface area contributed by atoms with Gasteiger partial charge in [0.1, 0.15) is 11.6 Å². The summed E-state index contributed by atoms with van der Waals surface area (Å²) in [5, 5.41) is 2.81. The molecular weight excluding hydrogens is 361 g/mol. The van der Waals surface area contributed by atoms with E-state index in [9.17, 15) is 14.0 Å². The van der Waals surface area contributed by atoms with E-state index in [0.717, 1.165) is 5.69 Å². The van der Waals surface area contributed by atoms with Crippen molar-refractivity contribution in [3.05, 3.63) is 53.8 Å². The zero-order chi connectivity index (χ0) is 20.1. The van der Waals surface area contributed by atoms with Crippen LogP contribution in [0.1, 0.15) is 24.2 Å². The van der Waals surface area contributed by atoms with Crippen molar-refractivity contribution >= 4 is 23.2 Å². The first-order chi connectivity index (χ1) is 13.5. The van der Waals surface area contributed by atoms with Gasteiger partial charge in [-0.25, -0.2) is 9.18 Å². The number of Topliss-reactive ketones (excluding diaryl/α,β-unsaturated/α-hetero) is 1. The third-order valence-electron chi connectivity index (χ3n) is 4.69. The van der Waals surface area contributed by atoms with Crippen LogP contribution >= 0.6 is 0 Å². The van der Waals surface area contributed by atoms with Gasteiger partial charge in [0.2, 0.25) is 0 Å². The van der Waals surface area contributed by atoms with Crippen LogP contribution in [0.5, 0.6) is 5.75 Å². The lowest BCUT2D eigenvalue weighted by Crippen LogP contribution is -2.50. The molecule has 0 bridgehead atoms. The summed E-state index contributed by atoms with van der Waals surface area (Å²) in [4.78, 5) is 27.9. The predicted molar refractivity (Wildman–Crippen MR) is 107 cm³/mol. The molecule has 1 heterocycles. The fraction of sp³-hybridized carbons (Fsp3) is 0.333. The number of nitrogens with zero attached hydrogens (tertiary/aromatic N) is 2. The van der Waals surface area contributed by atoms with E-state index >= 15 is 0 Å². The van der Waals surface area contributed by atoms with Crippen molar-refractivity contribution in [2.75, 3.05) is 43.0 Å². The molecule has 6 nitrogen and oxygen atoms in total. The largest absolute Gasteiger partial charge is 0.492 e. The van der Waals surface area contributed by atoms with E-state index < -0.39 is 5.82 Å². The number of urea groups is 1. The minimum atomic E-state index is -0.411. The minimum absolute atomic E-state index is 0.0419. The number of carbonyl (C=O) groups is 2.